The zero-order valence-corrected chi connectivity index (χ0v) is 27.1. The number of nitrogens with zero attached hydrogens (tertiary/aromatic N) is 1. The van der Waals surface area contributed by atoms with E-state index in [0.29, 0.717) is 36.8 Å². The Labute approximate surface area is 222 Å². The SMILES string of the molecule is CC(C)C[SiH]1O[SiH](CC(C)C)O[Si](O)(CCCn2c(O)c3c(c2O)C2C=CC3C2)O[SiH](CC(C)C)O1. The van der Waals surface area contributed by atoms with E-state index in [0.717, 1.165) is 35.7 Å². The van der Waals surface area contributed by atoms with Crippen molar-refractivity contribution in [3.63, 3.8) is 0 Å². The minimum atomic E-state index is -3.55. The van der Waals surface area contributed by atoms with Crippen LogP contribution < -0.4 is 0 Å². The van der Waals surface area contributed by atoms with Crippen molar-refractivity contribution < 1.29 is 31.5 Å². The summed E-state index contributed by atoms with van der Waals surface area (Å²) in [5.41, 5.74) is 1.73. The van der Waals surface area contributed by atoms with E-state index in [9.17, 15) is 15.0 Å². The van der Waals surface area contributed by atoms with E-state index in [1.54, 1.807) is 4.57 Å². The highest BCUT2D eigenvalue weighted by Gasteiger charge is 2.47. The lowest BCUT2D eigenvalue weighted by Gasteiger charge is -2.39. The molecule has 2 heterocycles. The van der Waals surface area contributed by atoms with Crippen molar-refractivity contribution in [3.8, 4) is 11.8 Å². The van der Waals surface area contributed by atoms with Gasteiger partial charge in [-0.25, -0.2) is 0 Å². The van der Waals surface area contributed by atoms with Crippen LogP contribution in [-0.2, 0) is 23.0 Å². The van der Waals surface area contributed by atoms with Gasteiger partial charge in [-0.3, -0.25) is 4.57 Å². The van der Waals surface area contributed by atoms with Gasteiger partial charge in [0.1, 0.15) is 0 Å². The number of hydrogen-bond donors (Lipinski definition) is 3. The first-order valence-electron chi connectivity index (χ1n) is 13.7. The molecule has 2 bridgehead atoms. The van der Waals surface area contributed by atoms with E-state index in [1.165, 1.54) is 0 Å². The van der Waals surface area contributed by atoms with Crippen LogP contribution in [0.15, 0.2) is 12.2 Å². The summed E-state index contributed by atoms with van der Waals surface area (Å²) in [6.07, 6.45) is 5.71. The van der Waals surface area contributed by atoms with Crippen LogP contribution in [0.3, 0.4) is 0 Å². The predicted octanol–water partition coefficient (Wildman–Crippen LogP) is 4.07. The van der Waals surface area contributed by atoms with E-state index >= 15 is 0 Å². The predicted molar refractivity (Wildman–Crippen MR) is 149 cm³/mol. The largest absolute Gasteiger partial charge is 0.494 e. The van der Waals surface area contributed by atoms with Gasteiger partial charge in [0, 0.05) is 35.6 Å². The Kier molecular flexibility index (Phi) is 9.10. The highest BCUT2D eigenvalue weighted by Crippen LogP contribution is 2.56. The summed E-state index contributed by atoms with van der Waals surface area (Å²) in [6.45, 7) is 13.4. The molecule has 12 heteroatoms. The molecular formula is C24H45NO7Si4. The Morgan fingerprint density at radius 2 is 1.28 bits per heavy atom. The van der Waals surface area contributed by atoms with Crippen molar-refractivity contribution in [3.05, 3.63) is 23.3 Å². The molecule has 3 aliphatic rings. The molecule has 0 saturated carbocycles. The summed E-state index contributed by atoms with van der Waals surface area (Å²) in [7, 11) is -9.83. The molecule has 1 aromatic heterocycles. The Balaban J connectivity index is 1.48. The lowest BCUT2D eigenvalue weighted by molar-refractivity contribution is 0.185. The minimum Gasteiger partial charge on any atom is -0.494 e. The van der Waals surface area contributed by atoms with Crippen molar-refractivity contribution >= 4 is 36.7 Å². The first kappa shape index (κ1) is 28.3. The van der Waals surface area contributed by atoms with Gasteiger partial charge in [0.2, 0.25) is 0 Å². The molecule has 0 radical (unpaired) electrons. The number of fused-ring (bicyclic) bond motifs is 5. The summed E-state index contributed by atoms with van der Waals surface area (Å²) >= 11 is 0. The van der Waals surface area contributed by atoms with Crippen LogP contribution in [0.5, 0.6) is 11.8 Å². The standard InChI is InChI=1S/C24H45NO7Si4/c1-16(2)13-33-29-34(14-17(3)4)31-36(28,32-35(30-33)15-18(5)6)11-7-10-25-23(26)21-19-8-9-20(12-19)22(21)24(25)27/h8-9,16-20,26-28,33-35H,7,10-15H2,1-6H3. The van der Waals surface area contributed by atoms with Crippen molar-refractivity contribution in [1.29, 1.82) is 0 Å². The molecule has 1 saturated heterocycles. The first-order chi connectivity index (χ1) is 17.0. The third kappa shape index (κ3) is 6.46. The lowest BCUT2D eigenvalue weighted by atomic mass is 10.0. The molecule has 4 unspecified atom stereocenters. The van der Waals surface area contributed by atoms with E-state index in [2.05, 4.69) is 53.7 Å². The van der Waals surface area contributed by atoms with Gasteiger partial charge in [-0.15, -0.1) is 0 Å². The van der Waals surface area contributed by atoms with Gasteiger partial charge in [0.15, 0.2) is 11.8 Å². The molecule has 204 valence electrons. The summed E-state index contributed by atoms with van der Waals surface area (Å²) in [5.74, 6) is 1.97. The second-order valence-electron chi connectivity index (χ2n) is 12.0. The zero-order chi connectivity index (χ0) is 26.2. The molecular weight excluding hydrogens is 527 g/mol. The van der Waals surface area contributed by atoms with Gasteiger partial charge < -0.3 is 31.5 Å². The molecule has 1 aliphatic heterocycles. The van der Waals surface area contributed by atoms with Crippen molar-refractivity contribution in [2.24, 2.45) is 17.8 Å². The average Bonchev–Trinajstić information content (AvgIpc) is 3.41. The number of hydrogen-bond acceptors (Lipinski definition) is 7. The third-order valence-corrected chi connectivity index (χ3v) is 22.1. The van der Waals surface area contributed by atoms with E-state index in [-0.39, 0.29) is 23.6 Å². The Hall–Kier alpha value is -0.712. The molecule has 1 fully saturated rings. The Bertz CT molecular complexity index is 881. The summed E-state index contributed by atoms with van der Waals surface area (Å²) in [5, 5.41) is 21.7. The van der Waals surface area contributed by atoms with Crippen LogP contribution in [0.2, 0.25) is 24.2 Å². The maximum absolute atomic E-state index is 11.7. The molecule has 8 nitrogen and oxygen atoms in total. The fraction of sp³-hybridized carbons (Fsp3) is 0.750. The van der Waals surface area contributed by atoms with Gasteiger partial charge >= 0.3 is 36.7 Å². The Morgan fingerprint density at radius 3 is 1.72 bits per heavy atom. The van der Waals surface area contributed by atoms with Gasteiger partial charge in [-0.05, 0) is 48.7 Å². The summed E-state index contributed by atoms with van der Waals surface area (Å²) < 4.78 is 27.6. The molecule has 4 atom stereocenters. The van der Waals surface area contributed by atoms with Crippen LogP contribution in [0.1, 0.15) is 77.3 Å². The van der Waals surface area contributed by atoms with Crippen molar-refractivity contribution in [1.82, 2.24) is 4.57 Å². The van der Waals surface area contributed by atoms with Gasteiger partial charge in [0.25, 0.3) is 0 Å². The fourth-order valence-corrected chi connectivity index (χ4v) is 21.0. The lowest BCUT2D eigenvalue weighted by Crippen LogP contribution is -2.57. The highest BCUT2D eigenvalue weighted by molar-refractivity contribution is 6.78. The molecule has 0 aromatic carbocycles. The molecule has 2 aliphatic carbocycles. The molecule has 1 aromatic rings. The van der Waals surface area contributed by atoms with E-state index in [1.807, 2.05) is 0 Å². The van der Waals surface area contributed by atoms with Gasteiger partial charge in [0.05, 0.1) is 0 Å². The fourth-order valence-electron chi connectivity index (χ4n) is 5.62. The minimum absolute atomic E-state index is 0.154. The molecule has 36 heavy (non-hydrogen) atoms. The van der Waals surface area contributed by atoms with Crippen molar-refractivity contribution in [2.45, 2.75) is 96.9 Å². The van der Waals surface area contributed by atoms with Crippen LogP contribution in [-0.4, -0.2) is 56.2 Å². The maximum atomic E-state index is 11.7. The number of rotatable bonds is 10. The topological polar surface area (TPSA) is 103 Å². The van der Waals surface area contributed by atoms with Gasteiger partial charge in [-0.2, -0.15) is 0 Å². The zero-order valence-electron chi connectivity index (χ0n) is 22.6. The maximum Gasteiger partial charge on any atom is 0.480 e. The van der Waals surface area contributed by atoms with Gasteiger partial charge in [-0.1, -0.05) is 53.7 Å². The molecule has 4 rings (SSSR count). The third-order valence-electron chi connectivity index (χ3n) is 7.21. The Morgan fingerprint density at radius 1 is 0.833 bits per heavy atom. The summed E-state index contributed by atoms with van der Waals surface area (Å²) in [6, 6.07) is 2.89. The first-order valence-corrected chi connectivity index (χ1v) is 20.9. The van der Waals surface area contributed by atoms with Crippen LogP contribution in [0, 0.1) is 17.8 Å². The molecule has 0 amide bonds. The monoisotopic (exact) mass is 571 g/mol. The van der Waals surface area contributed by atoms with Crippen LogP contribution in [0.4, 0.5) is 0 Å². The average molecular weight is 572 g/mol. The molecule has 0 spiro atoms. The number of allylic oxidation sites excluding steroid dienone is 2. The second kappa shape index (κ2) is 11.6. The van der Waals surface area contributed by atoms with E-state index < -0.39 is 36.7 Å². The van der Waals surface area contributed by atoms with Crippen LogP contribution >= 0.6 is 0 Å². The molecule has 3 N–H and O–H groups in total. The quantitative estimate of drug-likeness (QED) is 0.287. The normalized spacial score (nSPS) is 32.0. The highest BCUT2D eigenvalue weighted by atomic mass is 28.5. The van der Waals surface area contributed by atoms with Crippen molar-refractivity contribution in [2.75, 3.05) is 0 Å². The number of aromatic nitrogens is 1. The second-order valence-corrected chi connectivity index (χ2v) is 21.9. The summed E-state index contributed by atoms with van der Waals surface area (Å²) in [4.78, 5) is 11.7. The smallest absolute Gasteiger partial charge is 0.480 e. The van der Waals surface area contributed by atoms with E-state index in [4.69, 9.17) is 16.5 Å². The number of aromatic hydroxyl groups is 2. The van der Waals surface area contributed by atoms with Crippen LogP contribution in [0.25, 0.3) is 0 Å².